The molecule has 3 rings (SSSR count). The highest BCUT2D eigenvalue weighted by Gasteiger charge is 2.22. The SMILES string of the molecule is CCOC(=O)c1c(NC(=O)c2ccc(OC(C)C(=O)N/N=C/c3ccc(OCC)cc3)cc2)sc(C)c1C. The maximum absolute atomic E-state index is 12.8. The van der Waals surface area contributed by atoms with E-state index in [0.717, 1.165) is 21.8 Å². The van der Waals surface area contributed by atoms with Crippen molar-refractivity contribution in [3.8, 4) is 11.5 Å². The molecule has 0 fully saturated rings. The van der Waals surface area contributed by atoms with Gasteiger partial charge in [0, 0.05) is 10.4 Å². The van der Waals surface area contributed by atoms with Gasteiger partial charge in [0.05, 0.1) is 25.0 Å². The third-order valence-corrected chi connectivity index (χ3v) is 6.59. The molecule has 1 atom stereocenters. The highest BCUT2D eigenvalue weighted by Crippen LogP contribution is 2.33. The fraction of sp³-hybridized carbons (Fsp3) is 0.286. The Hall–Kier alpha value is -4.18. The Labute approximate surface area is 225 Å². The number of anilines is 1. The molecule has 0 bridgehead atoms. The Kier molecular flexibility index (Phi) is 10.0. The molecule has 10 heteroatoms. The lowest BCUT2D eigenvalue weighted by atomic mass is 10.1. The summed E-state index contributed by atoms with van der Waals surface area (Å²) in [6.45, 7) is 9.78. The summed E-state index contributed by atoms with van der Waals surface area (Å²) >= 11 is 1.32. The van der Waals surface area contributed by atoms with Crippen molar-refractivity contribution in [2.75, 3.05) is 18.5 Å². The Morgan fingerprint density at radius 3 is 2.26 bits per heavy atom. The largest absolute Gasteiger partial charge is 0.494 e. The number of nitrogens with zero attached hydrogens (tertiary/aromatic N) is 1. The number of carbonyl (C=O) groups is 3. The van der Waals surface area contributed by atoms with E-state index in [1.165, 1.54) is 17.6 Å². The minimum absolute atomic E-state index is 0.244. The van der Waals surface area contributed by atoms with Gasteiger partial charge < -0.3 is 19.5 Å². The predicted octanol–water partition coefficient (Wildman–Crippen LogP) is 5.11. The number of amides is 2. The summed E-state index contributed by atoms with van der Waals surface area (Å²) in [4.78, 5) is 38.4. The molecule has 2 aromatic carbocycles. The zero-order valence-corrected chi connectivity index (χ0v) is 22.8. The molecule has 9 nitrogen and oxygen atoms in total. The van der Waals surface area contributed by atoms with Crippen molar-refractivity contribution in [3.63, 3.8) is 0 Å². The molecule has 0 aliphatic carbocycles. The van der Waals surface area contributed by atoms with Crippen LogP contribution >= 0.6 is 11.3 Å². The molecule has 0 spiro atoms. The van der Waals surface area contributed by atoms with E-state index >= 15 is 0 Å². The number of nitrogens with one attached hydrogen (secondary N) is 2. The Bertz CT molecular complexity index is 1300. The van der Waals surface area contributed by atoms with Gasteiger partial charge in [-0.2, -0.15) is 5.10 Å². The molecule has 2 N–H and O–H groups in total. The van der Waals surface area contributed by atoms with E-state index in [1.807, 2.05) is 45.0 Å². The molecule has 0 aliphatic rings. The molecule has 0 saturated heterocycles. The highest BCUT2D eigenvalue weighted by molar-refractivity contribution is 7.16. The Morgan fingerprint density at radius 2 is 1.63 bits per heavy atom. The first-order chi connectivity index (χ1) is 18.2. The quantitative estimate of drug-likeness (QED) is 0.200. The van der Waals surface area contributed by atoms with Crippen molar-refractivity contribution in [2.24, 2.45) is 5.10 Å². The number of esters is 1. The molecule has 38 heavy (non-hydrogen) atoms. The van der Waals surface area contributed by atoms with E-state index < -0.39 is 18.0 Å². The van der Waals surface area contributed by atoms with Crippen LogP contribution in [0.4, 0.5) is 5.00 Å². The number of hydrogen-bond donors (Lipinski definition) is 2. The average Bonchev–Trinajstić information content (AvgIpc) is 3.18. The molecular formula is C28H31N3O6S. The van der Waals surface area contributed by atoms with Gasteiger partial charge in [-0.05, 0) is 94.3 Å². The molecule has 1 heterocycles. The first-order valence-electron chi connectivity index (χ1n) is 12.1. The third kappa shape index (κ3) is 7.42. The lowest BCUT2D eigenvalue weighted by Crippen LogP contribution is -2.33. The van der Waals surface area contributed by atoms with E-state index in [9.17, 15) is 14.4 Å². The number of thiophene rings is 1. The monoisotopic (exact) mass is 537 g/mol. The summed E-state index contributed by atoms with van der Waals surface area (Å²) in [6.07, 6.45) is 0.703. The van der Waals surface area contributed by atoms with Gasteiger partial charge in [-0.25, -0.2) is 10.2 Å². The molecule has 0 aliphatic heterocycles. The lowest BCUT2D eigenvalue weighted by molar-refractivity contribution is -0.127. The zero-order chi connectivity index (χ0) is 27.7. The van der Waals surface area contributed by atoms with Crippen LogP contribution in [0.15, 0.2) is 53.6 Å². The summed E-state index contributed by atoms with van der Waals surface area (Å²) in [5.74, 6) is -0.0988. The Morgan fingerprint density at radius 1 is 0.974 bits per heavy atom. The summed E-state index contributed by atoms with van der Waals surface area (Å²) in [6, 6.07) is 13.7. The molecular weight excluding hydrogens is 506 g/mol. The number of hydrazone groups is 1. The second-order valence-corrected chi connectivity index (χ2v) is 9.41. The van der Waals surface area contributed by atoms with Crippen molar-refractivity contribution in [1.82, 2.24) is 5.43 Å². The van der Waals surface area contributed by atoms with Gasteiger partial charge in [0.25, 0.3) is 11.8 Å². The number of benzene rings is 2. The van der Waals surface area contributed by atoms with Crippen LogP contribution in [0.2, 0.25) is 0 Å². The molecule has 0 radical (unpaired) electrons. The van der Waals surface area contributed by atoms with Crippen LogP contribution < -0.4 is 20.2 Å². The number of aryl methyl sites for hydroxylation is 1. The summed E-state index contributed by atoms with van der Waals surface area (Å²) in [7, 11) is 0. The predicted molar refractivity (Wildman–Crippen MR) is 148 cm³/mol. The first-order valence-corrected chi connectivity index (χ1v) is 13.0. The molecule has 200 valence electrons. The van der Waals surface area contributed by atoms with E-state index in [4.69, 9.17) is 14.2 Å². The van der Waals surface area contributed by atoms with E-state index in [2.05, 4.69) is 15.8 Å². The van der Waals surface area contributed by atoms with Gasteiger partial charge >= 0.3 is 5.97 Å². The van der Waals surface area contributed by atoms with Crippen molar-refractivity contribution >= 4 is 40.3 Å². The fourth-order valence-corrected chi connectivity index (χ4v) is 4.40. The average molecular weight is 538 g/mol. The van der Waals surface area contributed by atoms with Crippen LogP contribution in [0.5, 0.6) is 11.5 Å². The van der Waals surface area contributed by atoms with E-state index in [0.29, 0.717) is 28.5 Å². The number of hydrogen-bond acceptors (Lipinski definition) is 8. The second-order valence-electron chi connectivity index (χ2n) is 8.18. The van der Waals surface area contributed by atoms with Gasteiger partial charge in [-0.1, -0.05) is 0 Å². The van der Waals surface area contributed by atoms with Crippen LogP contribution in [0, 0.1) is 13.8 Å². The molecule has 1 aromatic heterocycles. The smallest absolute Gasteiger partial charge is 0.341 e. The van der Waals surface area contributed by atoms with Gasteiger partial charge in [-0.15, -0.1) is 11.3 Å². The van der Waals surface area contributed by atoms with Crippen LogP contribution in [0.1, 0.15) is 57.5 Å². The van der Waals surface area contributed by atoms with Gasteiger partial charge in [0.2, 0.25) is 0 Å². The summed E-state index contributed by atoms with van der Waals surface area (Å²) in [5.41, 5.74) is 4.77. The molecule has 1 unspecified atom stereocenters. The first kappa shape index (κ1) is 28.4. The second kappa shape index (κ2) is 13.4. The normalized spacial score (nSPS) is 11.6. The minimum atomic E-state index is -0.823. The van der Waals surface area contributed by atoms with Crippen molar-refractivity contribution < 1.29 is 28.6 Å². The fourth-order valence-electron chi connectivity index (χ4n) is 3.36. The van der Waals surface area contributed by atoms with E-state index in [-0.39, 0.29) is 12.5 Å². The minimum Gasteiger partial charge on any atom is -0.494 e. The van der Waals surface area contributed by atoms with Gasteiger partial charge in [0.15, 0.2) is 6.10 Å². The van der Waals surface area contributed by atoms with Crippen LogP contribution in [-0.4, -0.2) is 43.3 Å². The van der Waals surface area contributed by atoms with Crippen LogP contribution in [0.3, 0.4) is 0 Å². The van der Waals surface area contributed by atoms with Gasteiger partial charge in [-0.3, -0.25) is 9.59 Å². The molecule has 3 aromatic rings. The maximum atomic E-state index is 12.8. The lowest BCUT2D eigenvalue weighted by Gasteiger charge is -2.13. The maximum Gasteiger partial charge on any atom is 0.341 e. The highest BCUT2D eigenvalue weighted by atomic mass is 32.1. The standard InChI is InChI=1S/C28H31N3O6S/c1-6-35-22-12-8-20(9-13-22)16-29-31-25(32)18(4)37-23-14-10-21(11-15-23)26(33)30-27-24(28(34)36-7-2)17(3)19(5)38-27/h8-16,18H,6-7H2,1-5H3,(H,30,33)(H,31,32)/b29-16+. The Balaban J connectivity index is 1.56. The topological polar surface area (TPSA) is 115 Å². The number of rotatable bonds is 11. The van der Waals surface area contributed by atoms with Crippen molar-refractivity contribution in [3.05, 3.63) is 75.7 Å². The third-order valence-electron chi connectivity index (χ3n) is 5.47. The zero-order valence-electron chi connectivity index (χ0n) is 22.0. The van der Waals surface area contributed by atoms with Crippen LogP contribution in [-0.2, 0) is 9.53 Å². The summed E-state index contributed by atoms with van der Waals surface area (Å²) in [5, 5.41) is 7.21. The molecule has 2 amide bonds. The van der Waals surface area contributed by atoms with Crippen LogP contribution in [0.25, 0.3) is 0 Å². The van der Waals surface area contributed by atoms with E-state index in [1.54, 1.807) is 38.1 Å². The van der Waals surface area contributed by atoms with Crippen molar-refractivity contribution in [2.45, 2.75) is 40.7 Å². The van der Waals surface area contributed by atoms with Gasteiger partial charge in [0.1, 0.15) is 16.5 Å². The number of ether oxygens (including phenoxy) is 3. The number of carbonyl (C=O) groups excluding carboxylic acids is 3. The molecule has 0 saturated carbocycles. The summed E-state index contributed by atoms with van der Waals surface area (Å²) < 4.78 is 16.2. The van der Waals surface area contributed by atoms with Crippen molar-refractivity contribution in [1.29, 1.82) is 0 Å².